The molecule has 27 heavy (non-hydrogen) atoms. The van der Waals surface area contributed by atoms with Gasteiger partial charge in [-0.2, -0.15) is 0 Å². The minimum Gasteiger partial charge on any atom is -0.496 e. The van der Waals surface area contributed by atoms with E-state index in [1.807, 2.05) is 25.1 Å². The average molecular weight is 371 g/mol. The van der Waals surface area contributed by atoms with Gasteiger partial charge in [-0.3, -0.25) is 0 Å². The number of nitrogen functional groups attached to an aromatic ring is 1. The molecule has 3 rings (SSSR count). The van der Waals surface area contributed by atoms with Gasteiger partial charge in [0.1, 0.15) is 11.1 Å². The molecule has 2 heterocycles. The number of nitrogens with zero attached hydrogens (tertiary/aromatic N) is 1. The number of anilines is 1. The first-order chi connectivity index (χ1) is 13.2. The zero-order chi connectivity index (χ0) is 19.8. The molecule has 1 aliphatic heterocycles. The fourth-order valence-corrected chi connectivity index (χ4v) is 3.40. The number of nitrogens with one attached hydrogen (secondary N) is 1. The van der Waals surface area contributed by atoms with E-state index < -0.39 is 0 Å². The molecular formula is C21H29N3O3. The first kappa shape index (κ1) is 20.7. The molecular weight excluding hydrogens is 342 g/mol. The van der Waals surface area contributed by atoms with Gasteiger partial charge in [0, 0.05) is 7.11 Å². The highest BCUT2D eigenvalue weighted by atomic mass is 16.5. The van der Waals surface area contributed by atoms with Crippen LogP contribution < -0.4 is 15.8 Å². The van der Waals surface area contributed by atoms with Crippen molar-refractivity contribution in [2.45, 2.75) is 19.8 Å². The molecule has 6 heteroatoms. The van der Waals surface area contributed by atoms with Crippen LogP contribution in [0.3, 0.4) is 0 Å². The van der Waals surface area contributed by atoms with Gasteiger partial charge in [0.25, 0.3) is 0 Å². The maximum Gasteiger partial charge on any atom is 0.178 e. The summed E-state index contributed by atoms with van der Waals surface area (Å²) in [5, 5.41) is 15.0. The molecule has 4 N–H and O–H groups in total. The molecule has 1 aliphatic rings. The summed E-state index contributed by atoms with van der Waals surface area (Å²) in [7, 11) is 2.63. The maximum absolute atomic E-state index is 7.00. The molecule has 0 amide bonds. The van der Waals surface area contributed by atoms with E-state index in [0.29, 0.717) is 28.5 Å². The van der Waals surface area contributed by atoms with Crippen LogP contribution in [0, 0.1) is 5.92 Å². The zero-order valence-corrected chi connectivity index (χ0v) is 16.3. The Bertz CT molecular complexity index is 831. The maximum atomic E-state index is 7.00. The van der Waals surface area contributed by atoms with Gasteiger partial charge in [0.2, 0.25) is 0 Å². The molecule has 1 saturated heterocycles. The summed E-state index contributed by atoms with van der Waals surface area (Å²) in [6.45, 7) is 8.15. The summed E-state index contributed by atoms with van der Waals surface area (Å²) in [6, 6.07) is 3.93. The normalized spacial score (nSPS) is 16.0. The van der Waals surface area contributed by atoms with Crippen molar-refractivity contribution in [2.24, 2.45) is 5.92 Å². The Hall–Kier alpha value is -2.57. The van der Waals surface area contributed by atoms with Crippen LogP contribution >= 0.6 is 0 Å². The number of fused-ring (bicyclic) bond motifs is 1. The third-order valence-corrected chi connectivity index (χ3v) is 4.80. The predicted molar refractivity (Wildman–Crippen MR) is 111 cm³/mol. The summed E-state index contributed by atoms with van der Waals surface area (Å²) in [5.41, 5.74) is 9.89. The van der Waals surface area contributed by atoms with Crippen molar-refractivity contribution in [1.29, 1.82) is 0 Å². The second kappa shape index (κ2) is 9.94. The molecule has 2 aromatic rings. The van der Waals surface area contributed by atoms with Crippen LogP contribution in [0.1, 0.15) is 25.3 Å². The second-order valence-electron chi connectivity index (χ2n) is 6.24. The van der Waals surface area contributed by atoms with Crippen LogP contribution in [0.5, 0.6) is 5.75 Å². The molecule has 0 bridgehead atoms. The molecule has 0 unspecified atom stereocenters. The smallest absolute Gasteiger partial charge is 0.178 e. The Morgan fingerprint density at radius 3 is 2.67 bits per heavy atom. The standard InChI is InChI=1S/C20H25N3O2.CH4O/c1-4-13(15-6-8-22-9-7-15)10-14(5-2)16-11-17(24-3)19-18(12-16)25-23-20(19)21;1-2/h4-5,10-12,15,22H,1,6-9H2,2-3H3,(H2,21,23);2H,1H3/b13-10+,14-5+;. The molecule has 0 spiro atoms. The van der Waals surface area contributed by atoms with Gasteiger partial charge < -0.3 is 25.4 Å². The number of hydrogen-bond donors (Lipinski definition) is 3. The summed E-state index contributed by atoms with van der Waals surface area (Å²) in [6.07, 6.45) is 8.54. The molecule has 1 fully saturated rings. The summed E-state index contributed by atoms with van der Waals surface area (Å²) in [4.78, 5) is 0. The van der Waals surface area contributed by atoms with E-state index in [-0.39, 0.29) is 0 Å². The molecule has 0 radical (unpaired) electrons. The molecule has 6 nitrogen and oxygen atoms in total. The summed E-state index contributed by atoms with van der Waals surface area (Å²) in [5.74, 6) is 1.55. The number of aliphatic hydroxyl groups is 1. The Balaban J connectivity index is 0.00000126. The van der Waals surface area contributed by atoms with Crippen LogP contribution in [0.25, 0.3) is 16.5 Å². The van der Waals surface area contributed by atoms with Crippen LogP contribution in [-0.2, 0) is 0 Å². The van der Waals surface area contributed by atoms with Gasteiger partial charge in [0.05, 0.1) is 7.11 Å². The number of ether oxygens (including phenoxy) is 1. The lowest BCUT2D eigenvalue weighted by atomic mass is 9.87. The highest BCUT2D eigenvalue weighted by molar-refractivity contribution is 5.96. The van der Waals surface area contributed by atoms with Crippen molar-refractivity contribution in [3.8, 4) is 5.75 Å². The minimum absolute atomic E-state index is 0.345. The third-order valence-electron chi connectivity index (χ3n) is 4.80. The highest BCUT2D eigenvalue weighted by Crippen LogP contribution is 2.35. The number of rotatable bonds is 5. The molecule has 146 valence electrons. The van der Waals surface area contributed by atoms with Crippen LogP contribution in [0.2, 0.25) is 0 Å². The van der Waals surface area contributed by atoms with Crippen molar-refractivity contribution >= 4 is 22.4 Å². The van der Waals surface area contributed by atoms with Crippen LogP contribution in [0.4, 0.5) is 5.82 Å². The average Bonchev–Trinajstić information content (AvgIpc) is 3.11. The van der Waals surface area contributed by atoms with Gasteiger partial charge >= 0.3 is 0 Å². The van der Waals surface area contributed by atoms with Gasteiger partial charge in [-0.25, -0.2) is 0 Å². The van der Waals surface area contributed by atoms with Gasteiger partial charge in [-0.15, -0.1) is 0 Å². The van der Waals surface area contributed by atoms with E-state index >= 15 is 0 Å². The van der Waals surface area contributed by atoms with Crippen LogP contribution in [-0.4, -0.2) is 37.6 Å². The molecule has 1 aromatic carbocycles. The minimum atomic E-state index is 0.345. The topological polar surface area (TPSA) is 93.5 Å². The first-order valence-electron chi connectivity index (χ1n) is 9.07. The van der Waals surface area contributed by atoms with E-state index in [0.717, 1.165) is 44.2 Å². The number of nitrogens with two attached hydrogens (primary N) is 1. The molecule has 1 aromatic heterocycles. The second-order valence-corrected chi connectivity index (χ2v) is 6.24. The van der Waals surface area contributed by atoms with E-state index in [1.54, 1.807) is 7.11 Å². The fourth-order valence-electron chi connectivity index (χ4n) is 3.40. The lowest BCUT2D eigenvalue weighted by Gasteiger charge is -2.24. The van der Waals surface area contributed by atoms with E-state index in [1.165, 1.54) is 5.57 Å². The first-order valence-corrected chi connectivity index (χ1v) is 9.07. The van der Waals surface area contributed by atoms with Gasteiger partial charge in [-0.1, -0.05) is 30.0 Å². The van der Waals surface area contributed by atoms with E-state index in [4.69, 9.17) is 20.1 Å². The fraction of sp³-hybridized carbons (Fsp3) is 0.381. The molecule has 0 saturated carbocycles. The Morgan fingerprint density at radius 2 is 2.07 bits per heavy atom. The largest absolute Gasteiger partial charge is 0.496 e. The quantitative estimate of drug-likeness (QED) is 0.696. The van der Waals surface area contributed by atoms with Crippen molar-refractivity contribution in [3.63, 3.8) is 0 Å². The zero-order valence-electron chi connectivity index (χ0n) is 16.3. The van der Waals surface area contributed by atoms with Crippen LogP contribution in [0.15, 0.2) is 47.0 Å². The molecule has 0 atom stereocenters. The number of benzene rings is 1. The Labute approximate surface area is 160 Å². The van der Waals surface area contributed by atoms with Gasteiger partial charge in [0.15, 0.2) is 11.4 Å². The number of piperidine rings is 1. The predicted octanol–water partition coefficient (Wildman–Crippen LogP) is 3.54. The monoisotopic (exact) mass is 371 g/mol. The van der Waals surface area contributed by atoms with Crippen molar-refractivity contribution in [2.75, 3.05) is 33.0 Å². The summed E-state index contributed by atoms with van der Waals surface area (Å²) < 4.78 is 10.8. The van der Waals surface area contributed by atoms with Crippen molar-refractivity contribution in [1.82, 2.24) is 10.5 Å². The Morgan fingerprint density at radius 1 is 1.37 bits per heavy atom. The number of aromatic nitrogens is 1. The summed E-state index contributed by atoms with van der Waals surface area (Å²) >= 11 is 0. The number of methoxy groups -OCH3 is 1. The van der Waals surface area contributed by atoms with E-state index in [9.17, 15) is 0 Å². The van der Waals surface area contributed by atoms with Gasteiger partial charge in [-0.05, 0) is 67.6 Å². The van der Waals surface area contributed by atoms with Crippen molar-refractivity contribution in [3.05, 3.63) is 48.1 Å². The molecule has 0 aliphatic carbocycles. The van der Waals surface area contributed by atoms with Crippen molar-refractivity contribution < 1.29 is 14.4 Å². The lowest BCUT2D eigenvalue weighted by Crippen LogP contribution is -2.28. The highest BCUT2D eigenvalue weighted by Gasteiger charge is 2.17. The lowest BCUT2D eigenvalue weighted by molar-refractivity contribution is 0.399. The number of hydrogen-bond acceptors (Lipinski definition) is 6. The van der Waals surface area contributed by atoms with E-state index in [2.05, 4.69) is 29.2 Å². The number of allylic oxidation sites excluding steroid dienone is 5. The third kappa shape index (κ3) is 4.59. The number of aliphatic hydroxyl groups excluding tert-OH is 1. The Kier molecular flexibility index (Phi) is 7.64. The SMILES string of the molecule is C=C/C(=C\C(=C/C)c1cc(OC)c2c(N)noc2c1)C1CCNCC1.CO.